The molecule has 1 aromatic heterocycles. The lowest BCUT2D eigenvalue weighted by atomic mass is 10.1. The van der Waals surface area contributed by atoms with Gasteiger partial charge in [0.05, 0.1) is 0 Å². The monoisotopic (exact) mass is 366 g/mol. The molecular weight excluding hydrogens is 348 g/mol. The number of benzene rings is 2. The van der Waals surface area contributed by atoms with Crippen molar-refractivity contribution in [3.63, 3.8) is 0 Å². The Balaban J connectivity index is 1.53. The predicted molar refractivity (Wildman–Crippen MR) is 104 cm³/mol. The second-order valence-electron chi connectivity index (χ2n) is 5.77. The number of carbonyl (C=O) groups excluding carboxylic acids is 1. The maximum absolute atomic E-state index is 12.3. The van der Waals surface area contributed by atoms with Gasteiger partial charge in [0.25, 0.3) is 5.91 Å². The van der Waals surface area contributed by atoms with Crippen LogP contribution in [0.3, 0.4) is 0 Å². The Kier molecular flexibility index (Phi) is 6.17. The molecule has 1 heterocycles. The summed E-state index contributed by atoms with van der Waals surface area (Å²) in [6.45, 7) is 0.592. The van der Waals surface area contributed by atoms with Crippen molar-refractivity contribution in [3.05, 3.63) is 83.3 Å². The average Bonchev–Trinajstić information content (AvgIpc) is 2.66. The molecule has 1 amide bonds. The zero-order chi connectivity index (χ0) is 18.2. The molecule has 3 aromatic rings. The van der Waals surface area contributed by atoms with E-state index in [0.717, 1.165) is 18.5 Å². The van der Waals surface area contributed by atoms with Crippen LogP contribution in [0.4, 0.5) is 11.5 Å². The molecule has 6 heteroatoms. The lowest BCUT2D eigenvalue weighted by molar-refractivity contribution is 0.0948. The highest BCUT2D eigenvalue weighted by Gasteiger charge is 2.08. The zero-order valence-electron chi connectivity index (χ0n) is 14.2. The molecule has 2 N–H and O–H groups in total. The van der Waals surface area contributed by atoms with Gasteiger partial charge in [-0.05, 0) is 36.6 Å². The van der Waals surface area contributed by atoms with Crippen LogP contribution in [0, 0.1) is 0 Å². The molecule has 0 saturated carbocycles. The maximum atomic E-state index is 12.3. The number of aryl methyl sites for hydroxylation is 1. The van der Waals surface area contributed by atoms with E-state index in [0.29, 0.717) is 23.1 Å². The number of nitrogens with zero attached hydrogens (tertiary/aromatic N) is 2. The minimum Gasteiger partial charge on any atom is -0.351 e. The summed E-state index contributed by atoms with van der Waals surface area (Å²) in [5.74, 6) is 0.325. The van der Waals surface area contributed by atoms with Crippen molar-refractivity contribution < 1.29 is 4.79 Å². The van der Waals surface area contributed by atoms with Crippen LogP contribution < -0.4 is 10.6 Å². The van der Waals surface area contributed by atoms with Gasteiger partial charge in [0.1, 0.15) is 17.8 Å². The summed E-state index contributed by atoms with van der Waals surface area (Å²) < 4.78 is 0. The summed E-state index contributed by atoms with van der Waals surface area (Å²) in [5, 5.41) is 6.63. The fourth-order valence-electron chi connectivity index (χ4n) is 2.49. The first-order valence-electron chi connectivity index (χ1n) is 8.37. The van der Waals surface area contributed by atoms with E-state index in [-0.39, 0.29) is 5.91 Å². The molecule has 2 aromatic carbocycles. The van der Waals surface area contributed by atoms with Crippen molar-refractivity contribution in [2.75, 3.05) is 11.9 Å². The first kappa shape index (κ1) is 17.9. The average molecular weight is 367 g/mol. The van der Waals surface area contributed by atoms with Crippen molar-refractivity contribution in [3.8, 4) is 0 Å². The van der Waals surface area contributed by atoms with Crippen molar-refractivity contribution in [1.82, 2.24) is 15.3 Å². The number of aromatic nitrogens is 2. The Morgan fingerprint density at radius 3 is 2.65 bits per heavy atom. The van der Waals surface area contributed by atoms with Gasteiger partial charge in [-0.15, -0.1) is 0 Å². The number of hydrogen-bond acceptors (Lipinski definition) is 4. The molecule has 0 aliphatic carbocycles. The maximum Gasteiger partial charge on any atom is 0.270 e. The Hall–Kier alpha value is -2.92. The fraction of sp³-hybridized carbons (Fsp3) is 0.150. The molecule has 26 heavy (non-hydrogen) atoms. The van der Waals surface area contributed by atoms with Crippen LogP contribution in [0.5, 0.6) is 0 Å². The van der Waals surface area contributed by atoms with Crippen molar-refractivity contribution in [2.45, 2.75) is 12.8 Å². The lowest BCUT2D eigenvalue weighted by Gasteiger charge is -2.08. The van der Waals surface area contributed by atoms with Crippen LogP contribution in [-0.4, -0.2) is 22.4 Å². The Bertz CT molecular complexity index is 870. The number of nitrogens with one attached hydrogen (secondary N) is 2. The lowest BCUT2D eigenvalue weighted by Crippen LogP contribution is -2.25. The first-order valence-corrected chi connectivity index (χ1v) is 8.75. The highest BCUT2D eigenvalue weighted by molar-refractivity contribution is 6.30. The standard InChI is InChI=1S/C20H19ClN4O/c21-16-9-4-10-17(12-16)25-19-13-18(23-14-24-19)20(26)22-11-5-8-15-6-2-1-3-7-15/h1-4,6-7,9-10,12-14H,5,8,11H2,(H,22,26)(H,23,24,25). The quantitative estimate of drug-likeness (QED) is 0.614. The van der Waals surface area contributed by atoms with E-state index in [1.165, 1.54) is 11.9 Å². The molecule has 0 bridgehead atoms. The van der Waals surface area contributed by atoms with E-state index in [4.69, 9.17) is 11.6 Å². The normalized spacial score (nSPS) is 10.3. The smallest absolute Gasteiger partial charge is 0.270 e. The molecule has 0 radical (unpaired) electrons. The molecule has 5 nitrogen and oxygen atoms in total. The number of anilines is 2. The topological polar surface area (TPSA) is 66.9 Å². The number of carbonyl (C=O) groups is 1. The third-order valence-corrected chi connectivity index (χ3v) is 4.00. The van der Waals surface area contributed by atoms with Crippen LogP contribution in [-0.2, 0) is 6.42 Å². The third kappa shape index (κ3) is 5.29. The van der Waals surface area contributed by atoms with Crippen LogP contribution in [0.25, 0.3) is 0 Å². The molecule has 0 spiro atoms. The van der Waals surface area contributed by atoms with Crippen LogP contribution in [0.2, 0.25) is 5.02 Å². The van der Waals surface area contributed by atoms with E-state index >= 15 is 0 Å². The second-order valence-corrected chi connectivity index (χ2v) is 6.21. The zero-order valence-corrected chi connectivity index (χ0v) is 14.9. The number of rotatable bonds is 7. The molecular formula is C20H19ClN4O. The van der Waals surface area contributed by atoms with E-state index < -0.39 is 0 Å². The molecule has 0 aliphatic heterocycles. The number of halogens is 1. The van der Waals surface area contributed by atoms with Crippen LogP contribution >= 0.6 is 11.6 Å². The second kappa shape index (κ2) is 8.97. The van der Waals surface area contributed by atoms with Crippen molar-refractivity contribution in [1.29, 1.82) is 0 Å². The largest absolute Gasteiger partial charge is 0.351 e. The van der Waals surface area contributed by atoms with E-state index in [1.807, 2.05) is 30.3 Å². The highest BCUT2D eigenvalue weighted by Crippen LogP contribution is 2.18. The third-order valence-electron chi connectivity index (χ3n) is 3.77. The molecule has 3 rings (SSSR count). The summed E-state index contributed by atoms with van der Waals surface area (Å²) in [6.07, 6.45) is 3.16. The van der Waals surface area contributed by atoms with Crippen LogP contribution in [0.1, 0.15) is 22.5 Å². The van der Waals surface area contributed by atoms with Gasteiger partial charge in [-0.1, -0.05) is 48.0 Å². The Morgan fingerprint density at radius 2 is 1.85 bits per heavy atom. The van der Waals surface area contributed by atoms with Gasteiger partial charge in [0.2, 0.25) is 0 Å². The van der Waals surface area contributed by atoms with E-state index in [2.05, 4.69) is 32.7 Å². The van der Waals surface area contributed by atoms with Gasteiger partial charge in [-0.25, -0.2) is 9.97 Å². The summed E-state index contributed by atoms with van der Waals surface area (Å²) in [4.78, 5) is 20.4. The van der Waals surface area contributed by atoms with E-state index in [9.17, 15) is 4.79 Å². The SMILES string of the molecule is O=C(NCCCc1ccccc1)c1cc(Nc2cccc(Cl)c2)ncn1. The molecule has 0 saturated heterocycles. The van der Waals surface area contributed by atoms with Crippen LogP contribution in [0.15, 0.2) is 67.0 Å². The van der Waals surface area contributed by atoms with E-state index in [1.54, 1.807) is 18.2 Å². The predicted octanol–water partition coefficient (Wildman–Crippen LogP) is 4.24. The fourth-order valence-corrected chi connectivity index (χ4v) is 2.68. The molecule has 132 valence electrons. The molecule has 0 aliphatic rings. The van der Waals surface area contributed by atoms with Gasteiger partial charge < -0.3 is 10.6 Å². The van der Waals surface area contributed by atoms with Gasteiger partial charge in [-0.2, -0.15) is 0 Å². The van der Waals surface area contributed by atoms with Gasteiger partial charge in [0, 0.05) is 23.3 Å². The summed E-state index contributed by atoms with van der Waals surface area (Å²) in [7, 11) is 0. The van der Waals surface area contributed by atoms with Crippen molar-refractivity contribution in [2.24, 2.45) is 0 Å². The highest BCUT2D eigenvalue weighted by atomic mass is 35.5. The minimum absolute atomic E-state index is 0.213. The number of amides is 1. The molecule has 0 atom stereocenters. The van der Waals surface area contributed by atoms with Gasteiger partial charge in [0.15, 0.2) is 0 Å². The minimum atomic E-state index is -0.213. The summed E-state index contributed by atoms with van der Waals surface area (Å²) in [5.41, 5.74) is 2.38. The molecule has 0 fully saturated rings. The summed E-state index contributed by atoms with van der Waals surface area (Å²) >= 11 is 5.97. The number of hydrogen-bond donors (Lipinski definition) is 2. The summed E-state index contributed by atoms with van der Waals surface area (Å²) in [6, 6.07) is 19.1. The Labute approximate surface area is 157 Å². The molecule has 0 unspecified atom stereocenters. The first-order chi connectivity index (χ1) is 12.7. The van der Waals surface area contributed by atoms with Gasteiger partial charge >= 0.3 is 0 Å². The Morgan fingerprint density at radius 1 is 1.00 bits per heavy atom. The van der Waals surface area contributed by atoms with Crippen molar-refractivity contribution >= 4 is 29.0 Å². The van der Waals surface area contributed by atoms with Gasteiger partial charge in [-0.3, -0.25) is 4.79 Å².